The van der Waals surface area contributed by atoms with E-state index in [1.54, 1.807) is 6.07 Å². The molecule has 5 nitrogen and oxygen atoms in total. The third-order valence-electron chi connectivity index (χ3n) is 3.34. The maximum absolute atomic E-state index is 12.2. The fraction of sp³-hybridized carbons (Fsp3) is 0.312. The van der Waals surface area contributed by atoms with E-state index in [0.29, 0.717) is 11.4 Å². The van der Waals surface area contributed by atoms with E-state index in [1.807, 2.05) is 31.2 Å². The average molecular weight is 363 g/mol. The van der Waals surface area contributed by atoms with Crippen LogP contribution in [0.25, 0.3) is 0 Å². The molecule has 22 heavy (non-hydrogen) atoms. The largest absolute Gasteiger partial charge is 0.356 e. The second-order valence-electron chi connectivity index (χ2n) is 4.89. The van der Waals surface area contributed by atoms with E-state index >= 15 is 0 Å². The second kappa shape index (κ2) is 7.35. The van der Waals surface area contributed by atoms with Crippen LogP contribution in [0.1, 0.15) is 29.9 Å². The summed E-state index contributed by atoms with van der Waals surface area (Å²) in [4.78, 5) is 14.3. The zero-order valence-electron chi connectivity index (χ0n) is 12.9. The van der Waals surface area contributed by atoms with E-state index in [4.69, 9.17) is 0 Å². The Morgan fingerprint density at radius 2 is 1.91 bits per heavy atom. The first-order valence-electron chi connectivity index (χ1n) is 7.21. The first-order valence-corrected chi connectivity index (χ1v) is 8.00. The van der Waals surface area contributed by atoms with Crippen molar-refractivity contribution in [1.82, 2.24) is 10.2 Å². The maximum Gasteiger partial charge on any atom is 0.276 e. The maximum atomic E-state index is 12.2. The molecule has 116 valence electrons. The van der Waals surface area contributed by atoms with Gasteiger partial charge >= 0.3 is 0 Å². The Balaban J connectivity index is 2.13. The van der Waals surface area contributed by atoms with Gasteiger partial charge in [0.05, 0.1) is 5.69 Å². The highest BCUT2D eigenvalue weighted by Gasteiger charge is 2.12. The second-order valence-corrected chi connectivity index (χ2v) is 5.74. The fourth-order valence-electron chi connectivity index (χ4n) is 2.07. The van der Waals surface area contributed by atoms with Crippen molar-refractivity contribution in [2.75, 3.05) is 23.3 Å². The quantitative estimate of drug-likeness (QED) is 0.881. The molecule has 0 saturated carbocycles. The van der Waals surface area contributed by atoms with E-state index in [-0.39, 0.29) is 5.91 Å². The van der Waals surface area contributed by atoms with E-state index in [1.165, 1.54) is 0 Å². The molecule has 0 saturated heterocycles. The number of nitrogens with one attached hydrogen (secondary N) is 1. The van der Waals surface area contributed by atoms with Crippen molar-refractivity contribution in [3.63, 3.8) is 0 Å². The molecule has 2 aromatic rings. The van der Waals surface area contributed by atoms with Crippen LogP contribution >= 0.6 is 15.9 Å². The minimum Gasteiger partial charge on any atom is -0.356 e. The molecule has 1 aromatic heterocycles. The van der Waals surface area contributed by atoms with E-state index in [0.717, 1.165) is 28.9 Å². The number of anilines is 2. The zero-order valence-corrected chi connectivity index (χ0v) is 14.5. The summed E-state index contributed by atoms with van der Waals surface area (Å²) in [7, 11) is 0. The smallest absolute Gasteiger partial charge is 0.276 e. The van der Waals surface area contributed by atoms with Crippen LogP contribution in [0.2, 0.25) is 0 Å². The molecule has 0 spiro atoms. The molecular weight excluding hydrogens is 344 g/mol. The summed E-state index contributed by atoms with van der Waals surface area (Å²) in [6.07, 6.45) is 0. The van der Waals surface area contributed by atoms with Gasteiger partial charge in [0.2, 0.25) is 0 Å². The van der Waals surface area contributed by atoms with Gasteiger partial charge in [0.25, 0.3) is 5.91 Å². The van der Waals surface area contributed by atoms with Crippen molar-refractivity contribution in [2.45, 2.75) is 20.8 Å². The highest BCUT2D eigenvalue weighted by molar-refractivity contribution is 9.10. The van der Waals surface area contributed by atoms with Crippen molar-refractivity contribution in [3.8, 4) is 0 Å². The van der Waals surface area contributed by atoms with Gasteiger partial charge in [0, 0.05) is 17.6 Å². The summed E-state index contributed by atoms with van der Waals surface area (Å²) in [6, 6.07) is 9.26. The van der Waals surface area contributed by atoms with Crippen molar-refractivity contribution in [3.05, 3.63) is 46.1 Å². The monoisotopic (exact) mass is 362 g/mol. The number of carbonyl (C=O) groups is 1. The Morgan fingerprint density at radius 3 is 2.45 bits per heavy atom. The lowest BCUT2D eigenvalue weighted by molar-refractivity contribution is 0.102. The van der Waals surface area contributed by atoms with E-state index < -0.39 is 0 Å². The topological polar surface area (TPSA) is 58.1 Å². The van der Waals surface area contributed by atoms with Gasteiger partial charge in [-0.25, -0.2) is 0 Å². The van der Waals surface area contributed by atoms with Crippen LogP contribution in [0.4, 0.5) is 11.5 Å². The van der Waals surface area contributed by atoms with Crippen molar-refractivity contribution in [2.24, 2.45) is 0 Å². The van der Waals surface area contributed by atoms with Crippen LogP contribution in [0.3, 0.4) is 0 Å². The lowest BCUT2D eigenvalue weighted by Crippen LogP contribution is -2.24. The third-order valence-corrected chi connectivity index (χ3v) is 4.00. The van der Waals surface area contributed by atoms with Gasteiger partial charge in [-0.15, -0.1) is 10.2 Å². The molecule has 1 amide bonds. The van der Waals surface area contributed by atoms with Crippen LogP contribution in [-0.2, 0) is 0 Å². The molecule has 0 bridgehead atoms. The third kappa shape index (κ3) is 3.82. The lowest BCUT2D eigenvalue weighted by Gasteiger charge is -2.18. The van der Waals surface area contributed by atoms with Crippen molar-refractivity contribution in [1.29, 1.82) is 0 Å². The van der Waals surface area contributed by atoms with Crippen molar-refractivity contribution >= 4 is 33.3 Å². The first kappa shape index (κ1) is 16.4. The molecule has 0 atom stereocenters. The molecule has 1 N–H and O–H groups in total. The molecule has 1 aromatic carbocycles. The summed E-state index contributed by atoms with van der Waals surface area (Å²) < 4.78 is 0.841. The van der Waals surface area contributed by atoms with Gasteiger partial charge in [-0.2, -0.15) is 0 Å². The fourth-order valence-corrected chi connectivity index (χ4v) is 2.66. The summed E-state index contributed by atoms with van der Waals surface area (Å²) >= 11 is 3.44. The van der Waals surface area contributed by atoms with Crippen LogP contribution < -0.4 is 10.2 Å². The van der Waals surface area contributed by atoms with Crippen LogP contribution in [0, 0.1) is 6.92 Å². The Hall–Kier alpha value is -1.95. The van der Waals surface area contributed by atoms with E-state index in [2.05, 4.69) is 50.2 Å². The van der Waals surface area contributed by atoms with Gasteiger partial charge in [0.1, 0.15) is 0 Å². The molecule has 0 radical (unpaired) electrons. The Labute approximate surface area is 138 Å². The van der Waals surface area contributed by atoms with Crippen LogP contribution in [0.5, 0.6) is 0 Å². The van der Waals surface area contributed by atoms with E-state index in [9.17, 15) is 4.79 Å². The number of benzene rings is 1. The van der Waals surface area contributed by atoms with Gasteiger partial charge < -0.3 is 10.2 Å². The predicted molar refractivity (Wildman–Crippen MR) is 92.4 cm³/mol. The standard InChI is InChI=1S/C16H19BrN4O/c1-4-21(5-2)15-9-8-14(19-20-15)16(22)18-13-7-6-11(3)10-12(13)17/h6-10H,4-5H2,1-3H3,(H,18,22). The number of aryl methyl sites for hydroxylation is 1. The number of hydrogen-bond donors (Lipinski definition) is 1. The molecule has 6 heteroatoms. The Kier molecular flexibility index (Phi) is 5.49. The highest BCUT2D eigenvalue weighted by atomic mass is 79.9. The van der Waals surface area contributed by atoms with Crippen LogP contribution in [0.15, 0.2) is 34.8 Å². The molecule has 0 unspecified atom stereocenters. The lowest BCUT2D eigenvalue weighted by atomic mass is 10.2. The number of hydrogen-bond acceptors (Lipinski definition) is 4. The minimum absolute atomic E-state index is 0.275. The molecule has 0 aliphatic rings. The molecule has 0 aliphatic carbocycles. The average Bonchev–Trinajstić information content (AvgIpc) is 2.52. The van der Waals surface area contributed by atoms with Crippen LogP contribution in [-0.4, -0.2) is 29.2 Å². The number of halogens is 1. The van der Waals surface area contributed by atoms with Gasteiger partial charge in [-0.05, 0) is 66.5 Å². The van der Waals surface area contributed by atoms with Crippen molar-refractivity contribution < 1.29 is 4.79 Å². The summed E-state index contributed by atoms with van der Waals surface area (Å²) in [5.41, 5.74) is 2.13. The molecule has 1 heterocycles. The first-order chi connectivity index (χ1) is 10.5. The number of rotatable bonds is 5. The summed E-state index contributed by atoms with van der Waals surface area (Å²) in [5, 5.41) is 11.0. The van der Waals surface area contributed by atoms with Gasteiger partial charge in [-0.1, -0.05) is 6.07 Å². The van der Waals surface area contributed by atoms with Gasteiger partial charge in [-0.3, -0.25) is 4.79 Å². The molecular formula is C16H19BrN4O. The SMILES string of the molecule is CCN(CC)c1ccc(C(=O)Nc2ccc(C)cc2Br)nn1. The summed E-state index contributed by atoms with van der Waals surface area (Å²) in [6.45, 7) is 7.81. The zero-order chi connectivity index (χ0) is 16.1. The number of nitrogens with zero attached hydrogens (tertiary/aromatic N) is 3. The minimum atomic E-state index is -0.275. The molecule has 0 aliphatic heterocycles. The number of carbonyl (C=O) groups excluding carboxylic acids is 1. The molecule has 2 rings (SSSR count). The summed E-state index contributed by atoms with van der Waals surface area (Å²) in [5.74, 6) is 0.501. The highest BCUT2D eigenvalue weighted by Crippen LogP contribution is 2.23. The number of amides is 1. The number of aromatic nitrogens is 2. The molecule has 0 fully saturated rings. The Bertz CT molecular complexity index is 654. The Morgan fingerprint density at radius 1 is 1.18 bits per heavy atom. The van der Waals surface area contributed by atoms with Gasteiger partial charge in [0.15, 0.2) is 11.5 Å². The normalized spacial score (nSPS) is 10.4. The predicted octanol–water partition coefficient (Wildman–Crippen LogP) is 3.65.